The molecular weight excluding hydrogens is 492 g/mol. The molecular formula is C27H36N4O3S2. The van der Waals surface area contributed by atoms with Gasteiger partial charge in [0.25, 0.3) is 0 Å². The standard InChI is InChI=1S/C27H36N4O3S2/c1-19-7-10-23(11-8-19)36(33,34)30-17-13-22(14-18-30)26(32)31(16-6-15-29(4)5)27-28-25-21(3)20(2)9-12-24(25)35-27/h7-12,22H,6,13-18H2,1-5H3. The molecule has 9 heteroatoms. The zero-order chi connectivity index (χ0) is 26.0. The highest BCUT2D eigenvalue weighted by Gasteiger charge is 2.35. The number of sulfonamides is 1. The number of aromatic nitrogens is 1. The number of thiazole rings is 1. The SMILES string of the molecule is Cc1ccc(S(=O)(=O)N2CCC(C(=O)N(CCCN(C)C)c3nc4c(C)c(C)ccc4s3)CC2)cc1. The smallest absolute Gasteiger partial charge is 0.243 e. The lowest BCUT2D eigenvalue weighted by Crippen LogP contribution is -2.45. The van der Waals surface area contributed by atoms with Crippen LogP contribution in [-0.4, -0.2) is 68.8 Å². The number of hydrogen-bond donors (Lipinski definition) is 0. The number of carbonyl (C=O) groups is 1. The average Bonchev–Trinajstić information content (AvgIpc) is 3.29. The van der Waals surface area contributed by atoms with Crippen molar-refractivity contribution in [1.82, 2.24) is 14.2 Å². The van der Waals surface area contributed by atoms with Gasteiger partial charge in [-0.05, 0) is 90.0 Å². The summed E-state index contributed by atoms with van der Waals surface area (Å²) < 4.78 is 28.8. The van der Waals surface area contributed by atoms with Crippen LogP contribution in [0.25, 0.3) is 10.2 Å². The Morgan fingerprint density at radius 3 is 2.33 bits per heavy atom. The van der Waals surface area contributed by atoms with Gasteiger partial charge in [-0.1, -0.05) is 35.1 Å². The number of aryl methyl sites for hydroxylation is 3. The molecule has 1 amide bonds. The summed E-state index contributed by atoms with van der Waals surface area (Å²) in [6, 6.07) is 11.1. The van der Waals surface area contributed by atoms with E-state index in [9.17, 15) is 13.2 Å². The molecule has 2 heterocycles. The number of nitrogens with zero attached hydrogens (tertiary/aromatic N) is 4. The summed E-state index contributed by atoms with van der Waals surface area (Å²) in [6.45, 7) is 8.24. The monoisotopic (exact) mass is 528 g/mol. The molecule has 0 unspecified atom stereocenters. The molecule has 1 aliphatic rings. The van der Waals surface area contributed by atoms with E-state index in [1.807, 2.05) is 38.1 Å². The van der Waals surface area contributed by atoms with E-state index in [0.717, 1.165) is 39.4 Å². The number of rotatable bonds is 8. The summed E-state index contributed by atoms with van der Waals surface area (Å²) in [6.07, 6.45) is 1.86. The first-order valence-corrected chi connectivity index (χ1v) is 14.7. The molecule has 0 saturated carbocycles. The molecule has 2 aromatic carbocycles. The minimum Gasteiger partial charge on any atom is -0.309 e. The van der Waals surface area contributed by atoms with Crippen molar-refractivity contribution in [2.75, 3.05) is 45.2 Å². The van der Waals surface area contributed by atoms with Crippen LogP contribution in [-0.2, 0) is 14.8 Å². The van der Waals surface area contributed by atoms with Gasteiger partial charge in [0.15, 0.2) is 5.13 Å². The van der Waals surface area contributed by atoms with Gasteiger partial charge in [0.1, 0.15) is 0 Å². The highest BCUT2D eigenvalue weighted by molar-refractivity contribution is 7.89. The molecule has 1 fully saturated rings. The van der Waals surface area contributed by atoms with Gasteiger partial charge in [-0.15, -0.1) is 0 Å². The van der Waals surface area contributed by atoms with E-state index in [4.69, 9.17) is 4.98 Å². The summed E-state index contributed by atoms with van der Waals surface area (Å²) >= 11 is 1.56. The van der Waals surface area contributed by atoms with Crippen LogP contribution in [0.5, 0.6) is 0 Å². The highest BCUT2D eigenvalue weighted by atomic mass is 32.2. The van der Waals surface area contributed by atoms with Crippen LogP contribution in [0, 0.1) is 26.7 Å². The van der Waals surface area contributed by atoms with Gasteiger partial charge in [-0.3, -0.25) is 9.69 Å². The predicted octanol–water partition coefficient (Wildman–Crippen LogP) is 4.61. The fourth-order valence-corrected chi connectivity index (χ4v) is 7.12. The van der Waals surface area contributed by atoms with Gasteiger partial charge in [0.05, 0.1) is 15.1 Å². The fraction of sp³-hybridized carbons (Fsp3) is 0.481. The van der Waals surface area contributed by atoms with E-state index >= 15 is 0 Å². The number of benzene rings is 2. The zero-order valence-corrected chi connectivity index (χ0v) is 23.5. The molecule has 1 aromatic heterocycles. The number of fused-ring (bicyclic) bond motifs is 1. The number of anilines is 1. The second-order valence-corrected chi connectivity index (χ2v) is 12.9. The van der Waals surface area contributed by atoms with E-state index < -0.39 is 10.0 Å². The Balaban J connectivity index is 1.52. The van der Waals surface area contributed by atoms with E-state index in [0.29, 0.717) is 37.4 Å². The minimum atomic E-state index is -3.56. The van der Waals surface area contributed by atoms with E-state index in [2.05, 4.69) is 30.9 Å². The molecule has 1 saturated heterocycles. The van der Waals surface area contributed by atoms with Crippen molar-refractivity contribution in [3.63, 3.8) is 0 Å². The highest BCUT2D eigenvalue weighted by Crippen LogP contribution is 2.34. The Hall–Kier alpha value is -2.33. The van der Waals surface area contributed by atoms with Crippen LogP contribution in [0.2, 0.25) is 0 Å². The fourth-order valence-electron chi connectivity index (χ4n) is 4.60. The van der Waals surface area contributed by atoms with E-state index in [-0.39, 0.29) is 11.8 Å². The van der Waals surface area contributed by atoms with Gasteiger partial charge in [0, 0.05) is 25.6 Å². The maximum atomic E-state index is 13.8. The van der Waals surface area contributed by atoms with Crippen LogP contribution < -0.4 is 4.90 Å². The van der Waals surface area contributed by atoms with Crippen LogP contribution in [0.4, 0.5) is 5.13 Å². The Labute approximate surface area is 218 Å². The number of hydrogen-bond acceptors (Lipinski definition) is 6. The first-order valence-electron chi connectivity index (χ1n) is 12.5. The maximum Gasteiger partial charge on any atom is 0.243 e. The van der Waals surface area contributed by atoms with E-state index in [1.165, 1.54) is 9.87 Å². The topological polar surface area (TPSA) is 73.8 Å². The Morgan fingerprint density at radius 2 is 1.69 bits per heavy atom. The first kappa shape index (κ1) is 26.7. The second kappa shape index (κ2) is 11.0. The summed E-state index contributed by atoms with van der Waals surface area (Å²) in [5.41, 5.74) is 4.31. The average molecular weight is 529 g/mol. The van der Waals surface area contributed by atoms with Crippen molar-refractivity contribution in [1.29, 1.82) is 0 Å². The largest absolute Gasteiger partial charge is 0.309 e. The minimum absolute atomic E-state index is 0.0505. The molecule has 4 rings (SSSR count). The van der Waals surface area contributed by atoms with Crippen molar-refractivity contribution in [2.45, 2.75) is 44.9 Å². The van der Waals surface area contributed by atoms with Crippen LogP contribution >= 0.6 is 11.3 Å². The van der Waals surface area contributed by atoms with Crippen molar-refractivity contribution in [3.8, 4) is 0 Å². The third-order valence-electron chi connectivity index (χ3n) is 7.02. The van der Waals surface area contributed by atoms with Crippen molar-refractivity contribution in [3.05, 3.63) is 53.1 Å². The molecule has 0 N–H and O–H groups in total. The molecule has 36 heavy (non-hydrogen) atoms. The number of carbonyl (C=O) groups excluding carboxylic acids is 1. The predicted molar refractivity (Wildman–Crippen MR) is 147 cm³/mol. The number of amides is 1. The quantitative estimate of drug-likeness (QED) is 0.427. The molecule has 0 atom stereocenters. The molecule has 0 bridgehead atoms. The third-order valence-corrected chi connectivity index (χ3v) is 9.98. The third kappa shape index (κ3) is 5.64. The molecule has 1 aliphatic heterocycles. The van der Waals surface area contributed by atoms with Crippen molar-refractivity contribution < 1.29 is 13.2 Å². The van der Waals surface area contributed by atoms with Crippen molar-refractivity contribution >= 4 is 42.6 Å². The maximum absolute atomic E-state index is 13.8. The Kier molecular flexibility index (Phi) is 8.14. The molecule has 3 aromatic rings. The van der Waals surface area contributed by atoms with E-state index in [1.54, 1.807) is 23.5 Å². The Morgan fingerprint density at radius 1 is 1.03 bits per heavy atom. The Bertz CT molecular complexity index is 1330. The summed E-state index contributed by atoms with van der Waals surface area (Å²) in [4.78, 5) is 22.9. The molecule has 7 nitrogen and oxygen atoms in total. The van der Waals surface area contributed by atoms with Gasteiger partial charge in [-0.2, -0.15) is 4.31 Å². The zero-order valence-electron chi connectivity index (χ0n) is 21.8. The van der Waals surface area contributed by atoms with Crippen molar-refractivity contribution in [2.24, 2.45) is 5.92 Å². The van der Waals surface area contributed by atoms with Gasteiger partial charge in [0.2, 0.25) is 15.9 Å². The normalized spacial score (nSPS) is 15.6. The number of piperidine rings is 1. The lowest BCUT2D eigenvalue weighted by Gasteiger charge is -2.33. The van der Waals surface area contributed by atoms with Crippen LogP contribution in [0.3, 0.4) is 0 Å². The molecule has 0 radical (unpaired) electrons. The molecule has 0 spiro atoms. The van der Waals surface area contributed by atoms with Gasteiger partial charge in [-0.25, -0.2) is 13.4 Å². The van der Waals surface area contributed by atoms with Crippen LogP contribution in [0.1, 0.15) is 36.0 Å². The van der Waals surface area contributed by atoms with Crippen LogP contribution in [0.15, 0.2) is 41.3 Å². The summed E-state index contributed by atoms with van der Waals surface area (Å²) in [5.74, 6) is -0.168. The lowest BCUT2D eigenvalue weighted by atomic mass is 9.96. The van der Waals surface area contributed by atoms with Gasteiger partial charge >= 0.3 is 0 Å². The molecule has 194 valence electrons. The second-order valence-electron chi connectivity index (χ2n) is 9.99. The summed E-state index contributed by atoms with van der Waals surface area (Å²) in [5, 5.41) is 0.733. The first-order chi connectivity index (χ1) is 17.1. The lowest BCUT2D eigenvalue weighted by molar-refractivity contribution is -0.123. The van der Waals surface area contributed by atoms with Gasteiger partial charge < -0.3 is 4.90 Å². The summed E-state index contributed by atoms with van der Waals surface area (Å²) in [7, 11) is 0.498. The molecule has 0 aliphatic carbocycles.